The van der Waals surface area contributed by atoms with Gasteiger partial charge in [-0.25, -0.2) is 4.98 Å². The molecule has 3 amide bonds. The number of fused-ring (bicyclic) bond motifs is 1. The molecule has 8 heteroatoms. The van der Waals surface area contributed by atoms with Crippen LogP contribution < -0.4 is 10.6 Å². The number of thiazole rings is 1. The fourth-order valence-corrected chi connectivity index (χ4v) is 4.38. The zero-order chi connectivity index (χ0) is 19.0. The molecule has 1 aromatic heterocycles. The van der Waals surface area contributed by atoms with Gasteiger partial charge >= 0.3 is 0 Å². The number of hydrogen-bond acceptors (Lipinski definition) is 5. The second-order valence-corrected chi connectivity index (χ2v) is 8.30. The molecule has 1 saturated heterocycles. The van der Waals surface area contributed by atoms with Crippen LogP contribution in [0.1, 0.15) is 32.6 Å². The summed E-state index contributed by atoms with van der Waals surface area (Å²) in [7, 11) is 0. The zero-order valence-electron chi connectivity index (χ0n) is 15.2. The predicted octanol–water partition coefficient (Wildman–Crippen LogP) is 2.84. The molecule has 0 bridgehead atoms. The van der Waals surface area contributed by atoms with Gasteiger partial charge in [-0.2, -0.15) is 0 Å². The van der Waals surface area contributed by atoms with Crippen LogP contribution in [0.2, 0.25) is 0 Å². The van der Waals surface area contributed by atoms with Gasteiger partial charge in [0.05, 0.1) is 16.1 Å². The maximum atomic E-state index is 12.7. The van der Waals surface area contributed by atoms with Crippen molar-refractivity contribution >= 4 is 50.1 Å². The third-order valence-electron chi connectivity index (χ3n) is 4.97. The Labute approximate surface area is 161 Å². The molecule has 1 aromatic carbocycles. The molecule has 2 N–H and O–H groups in total. The molecular formula is C19H22N4O3S. The molecule has 1 unspecified atom stereocenters. The standard InChI is InChI=1S/C19H22N4O3S/c1-11(24)20-19-22-15-7-6-14(9-16(15)27-19)21-17(25)13-3-2-8-23(10-13)18(26)12-4-5-12/h6-7,9,12-13H,2-5,8,10H2,1H3,(H,21,25)(H,20,22,24). The molecular weight excluding hydrogens is 364 g/mol. The van der Waals surface area contributed by atoms with Crippen molar-refractivity contribution in [3.63, 3.8) is 0 Å². The molecule has 2 fully saturated rings. The van der Waals surface area contributed by atoms with Crippen molar-refractivity contribution in [2.24, 2.45) is 11.8 Å². The van der Waals surface area contributed by atoms with Gasteiger partial charge in [0, 0.05) is 31.6 Å². The Morgan fingerprint density at radius 3 is 2.70 bits per heavy atom. The van der Waals surface area contributed by atoms with E-state index in [0.717, 1.165) is 42.4 Å². The van der Waals surface area contributed by atoms with Crippen LogP contribution in [-0.2, 0) is 14.4 Å². The molecule has 4 rings (SSSR count). The highest BCUT2D eigenvalue weighted by molar-refractivity contribution is 7.22. The number of likely N-dealkylation sites (tertiary alicyclic amines) is 1. The number of nitrogens with one attached hydrogen (secondary N) is 2. The summed E-state index contributed by atoms with van der Waals surface area (Å²) in [4.78, 5) is 42.3. The molecule has 7 nitrogen and oxygen atoms in total. The van der Waals surface area contributed by atoms with Gasteiger partial charge in [0.1, 0.15) is 0 Å². The van der Waals surface area contributed by atoms with Gasteiger partial charge < -0.3 is 15.5 Å². The van der Waals surface area contributed by atoms with E-state index in [1.165, 1.54) is 18.3 Å². The first-order valence-electron chi connectivity index (χ1n) is 9.27. The van der Waals surface area contributed by atoms with Gasteiger partial charge in [-0.1, -0.05) is 11.3 Å². The molecule has 1 saturated carbocycles. The summed E-state index contributed by atoms with van der Waals surface area (Å²) < 4.78 is 0.894. The Kier molecular flexibility index (Phi) is 4.82. The van der Waals surface area contributed by atoms with E-state index in [1.807, 2.05) is 23.1 Å². The minimum atomic E-state index is -0.173. The van der Waals surface area contributed by atoms with E-state index in [9.17, 15) is 14.4 Å². The van der Waals surface area contributed by atoms with Crippen molar-refractivity contribution in [2.45, 2.75) is 32.6 Å². The Balaban J connectivity index is 1.42. The normalized spacial score (nSPS) is 19.7. The number of carbonyl (C=O) groups excluding carboxylic acids is 3. The van der Waals surface area contributed by atoms with Crippen molar-refractivity contribution in [3.8, 4) is 0 Å². The lowest BCUT2D eigenvalue weighted by atomic mass is 9.96. The first-order valence-corrected chi connectivity index (χ1v) is 10.1. The molecule has 27 heavy (non-hydrogen) atoms. The average molecular weight is 386 g/mol. The lowest BCUT2D eigenvalue weighted by Crippen LogP contribution is -2.44. The maximum Gasteiger partial charge on any atom is 0.229 e. The molecule has 2 heterocycles. The number of rotatable bonds is 4. The Morgan fingerprint density at radius 1 is 1.15 bits per heavy atom. The minimum absolute atomic E-state index is 0.0470. The van der Waals surface area contributed by atoms with Crippen molar-refractivity contribution < 1.29 is 14.4 Å². The van der Waals surface area contributed by atoms with E-state index in [1.54, 1.807) is 0 Å². The lowest BCUT2D eigenvalue weighted by molar-refractivity contribution is -0.135. The van der Waals surface area contributed by atoms with Gasteiger partial charge in [0.2, 0.25) is 17.7 Å². The molecule has 2 aromatic rings. The fraction of sp³-hybridized carbons (Fsp3) is 0.474. The molecule has 0 radical (unpaired) electrons. The van der Waals surface area contributed by atoms with Crippen LogP contribution in [0, 0.1) is 11.8 Å². The van der Waals surface area contributed by atoms with Gasteiger partial charge in [-0.05, 0) is 43.9 Å². The van der Waals surface area contributed by atoms with E-state index >= 15 is 0 Å². The van der Waals surface area contributed by atoms with E-state index in [-0.39, 0.29) is 29.6 Å². The first-order chi connectivity index (χ1) is 13.0. The van der Waals surface area contributed by atoms with Crippen molar-refractivity contribution in [2.75, 3.05) is 23.7 Å². The highest BCUT2D eigenvalue weighted by Gasteiger charge is 2.36. The highest BCUT2D eigenvalue weighted by atomic mass is 32.1. The van der Waals surface area contributed by atoms with Crippen molar-refractivity contribution in [1.29, 1.82) is 0 Å². The molecule has 2 aliphatic rings. The molecule has 0 spiro atoms. The Morgan fingerprint density at radius 2 is 1.96 bits per heavy atom. The number of nitrogens with zero attached hydrogens (tertiary/aromatic N) is 2. The summed E-state index contributed by atoms with van der Waals surface area (Å²) in [6, 6.07) is 5.51. The second kappa shape index (κ2) is 7.26. The maximum absolute atomic E-state index is 12.7. The number of anilines is 2. The molecule has 1 atom stereocenters. The topological polar surface area (TPSA) is 91.4 Å². The first kappa shape index (κ1) is 17.9. The largest absolute Gasteiger partial charge is 0.342 e. The average Bonchev–Trinajstić information content (AvgIpc) is 3.41. The zero-order valence-corrected chi connectivity index (χ0v) is 16.0. The summed E-state index contributed by atoms with van der Waals surface area (Å²) >= 11 is 1.37. The summed E-state index contributed by atoms with van der Waals surface area (Å²) in [6.07, 6.45) is 3.64. The summed E-state index contributed by atoms with van der Waals surface area (Å²) in [5.74, 6) is 0.0235. The second-order valence-electron chi connectivity index (χ2n) is 7.27. The third kappa shape index (κ3) is 4.10. The molecule has 1 aliphatic carbocycles. The highest BCUT2D eigenvalue weighted by Crippen LogP contribution is 2.33. The van der Waals surface area contributed by atoms with Crippen LogP contribution in [0.15, 0.2) is 18.2 Å². The fourth-order valence-electron chi connectivity index (χ4n) is 3.43. The molecule has 1 aliphatic heterocycles. The number of hydrogen-bond donors (Lipinski definition) is 2. The van der Waals surface area contributed by atoms with Crippen molar-refractivity contribution in [1.82, 2.24) is 9.88 Å². The number of amides is 3. The van der Waals surface area contributed by atoms with Gasteiger partial charge in [-0.3, -0.25) is 14.4 Å². The monoisotopic (exact) mass is 386 g/mol. The van der Waals surface area contributed by atoms with Gasteiger partial charge in [0.25, 0.3) is 0 Å². The van der Waals surface area contributed by atoms with Crippen LogP contribution in [-0.4, -0.2) is 40.7 Å². The summed E-state index contributed by atoms with van der Waals surface area (Å²) in [5, 5.41) is 6.20. The SMILES string of the molecule is CC(=O)Nc1nc2ccc(NC(=O)C3CCCN(C(=O)C4CC4)C3)cc2s1. The van der Waals surface area contributed by atoms with Crippen LogP contribution in [0.25, 0.3) is 10.2 Å². The summed E-state index contributed by atoms with van der Waals surface area (Å²) in [5.41, 5.74) is 1.48. The van der Waals surface area contributed by atoms with Crippen molar-refractivity contribution in [3.05, 3.63) is 18.2 Å². The van der Waals surface area contributed by atoms with E-state index in [4.69, 9.17) is 0 Å². The van der Waals surface area contributed by atoms with Gasteiger partial charge in [0.15, 0.2) is 5.13 Å². The smallest absolute Gasteiger partial charge is 0.229 e. The van der Waals surface area contributed by atoms with Gasteiger partial charge in [-0.15, -0.1) is 0 Å². The Hall–Kier alpha value is -2.48. The number of piperidine rings is 1. The predicted molar refractivity (Wildman–Crippen MR) is 105 cm³/mol. The van der Waals surface area contributed by atoms with Crippen LogP contribution in [0.3, 0.4) is 0 Å². The summed E-state index contributed by atoms with van der Waals surface area (Å²) in [6.45, 7) is 2.72. The number of benzene rings is 1. The Bertz CT molecular complexity index is 905. The minimum Gasteiger partial charge on any atom is -0.342 e. The number of aromatic nitrogens is 1. The van der Waals surface area contributed by atoms with Crippen LogP contribution >= 0.6 is 11.3 Å². The third-order valence-corrected chi connectivity index (χ3v) is 5.90. The van der Waals surface area contributed by atoms with E-state index < -0.39 is 0 Å². The van der Waals surface area contributed by atoms with E-state index in [0.29, 0.717) is 17.4 Å². The van der Waals surface area contributed by atoms with E-state index in [2.05, 4.69) is 15.6 Å². The quantitative estimate of drug-likeness (QED) is 0.845. The van der Waals surface area contributed by atoms with Crippen LogP contribution in [0.5, 0.6) is 0 Å². The molecule has 142 valence electrons. The lowest BCUT2D eigenvalue weighted by Gasteiger charge is -2.32. The van der Waals surface area contributed by atoms with Crippen LogP contribution in [0.4, 0.5) is 10.8 Å². The number of carbonyl (C=O) groups is 3.